The molecule has 2 aliphatic carbocycles. The second-order valence-corrected chi connectivity index (χ2v) is 10.3. The maximum absolute atomic E-state index is 14.7. The first kappa shape index (κ1) is 23.0. The molecule has 176 valence electrons. The molecule has 2 amide bonds. The summed E-state index contributed by atoms with van der Waals surface area (Å²) in [5, 5.41) is 0. The largest absolute Gasteiger partial charge is 0.381 e. The smallest absolute Gasteiger partial charge is 0.229 e. The van der Waals surface area contributed by atoms with Crippen molar-refractivity contribution >= 4 is 11.8 Å². The maximum Gasteiger partial charge on any atom is 0.229 e. The van der Waals surface area contributed by atoms with Gasteiger partial charge >= 0.3 is 0 Å². The van der Waals surface area contributed by atoms with Crippen molar-refractivity contribution in [3.63, 3.8) is 0 Å². The molecule has 6 nitrogen and oxygen atoms in total. The number of halogens is 1. The zero-order valence-electron chi connectivity index (χ0n) is 19.3. The van der Waals surface area contributed by atoms with E-state index in [1.165, 1.54) is 6.42 Å². The van der Waals surface area contributed by atoms with Gasteiger partial charge in [-0.05, 0) is 64.7 Å². The van der Waals surface area contributed by atoms with Crippen LogP contribution in [0, 0.1) is 17.8 Å². The van der Waals surface area contributed by atoms with E-state index in [9.17, 15) is 14.0 Å². The molecular formula is C24H39FN2O4. The first-order valence-corrected chi connectivity index (χ1v) is 12.3. The fraction of sp³-hybridized carbons (Fsp3) is 0.917. The molecule has 0 spiro atoms. The van der Waals surface area contributed by atoms with Crippen LogP contribution in [0.5, 0.6) is 0 Å². The van der Waals surface area contributed by atoms with Crippen LogP contribution in [0.3, 0.4) is 0 Å². The van der Waals surface area contributed by atoms with E-state index in [-0.39, 0.29) is 35.9 Å². The van der Waals surface area contributed by atoms with Crippen LogP contribution in [0.15, 0.2) is 0 Å². The van der Waals surface area contributed by atoms with Crippen molar-refractivity contribution in [2.45, 2.75) is 95.7 Å². The van der Waals surface area contributed by atoms with Gasteiger partial charge in [-0.1, -0.05) is 0 Å². The van der Waals surface area contributed by atoms with Gasteiger partial charge in [0.05, 0.1) is 18.1 Å². The molecule has 2 saturated heterocycles. The van der Waals surface area contributed by atoms with Crippen molar-refractivity contribution in [3.8, 4) is 0 Å². The number of methoxy groups -OCH3 is 1. The molecular weight excluding hydrogens is 399 g/mol. The standard InChI is InChI=1S/C24H39FN2O4/c1-15-13-26(23(28)18-6-9-22-17(11-18)5-4-10-31-22)14-16(2)27(15)24(29)20-8-7-19(30-3)12-21(20)25/h15-22H,4-14H2,1-3H3/t15-,16-,17?,18?,19?,20?,21?,22?/m1/s1. The van der Waals surface area contributed by atoms with Crippen LogP contribution in [0.25, 0.3) is 0 Å². The van der Waals surface area contributed by atoms with Crippen LogP contribution in [-0.2, 0) is 19.1 Å². The predicted molar refractivity (Wildman–Crippen MR) is 115 cm³/mol. The number of amides is 2. The third kappa shape index (κ3) is 4.77. The number of rotatable bonds is 3. The third-order valence-corrected chi connectivity index (χ3v) is 8.17. The first-order chi connectivity index (χ1) is 14.9. The highest BCUT2D eigenvalue weighted by Crippen LogP contribution is 2.38. The van der Waals surface area contributed by atoms with Crippen LogP contribution in [0.4, 0.5) is 4.39 Å². The molecule has 8 atom stereocenters. The molecule has 2 heterocycles. The molecule has 0 aromatic carbocycles. The summed E-state index contributed by atoms with van der Waals surface area (Å²) in [7, 11) is 1.60. The summed E-state index contributed by atoms with van der Waals surface area (Å²) in [6, 6.07) is -0.191. The molecule has 7 heteroatoms. The molecule has 2 aliphatic heterocycles. The van der Waals surface area contributed by atoms with Crippen LogP contribution >= 0.6 is 0 Å². The number of fused-ring (bicyclic) bond motifs is 1. The number of carbonyl (C=O) groups excluding carboxylic acids is 2. The minimum absolute atomic E-state index is 0.0733. The quantitative estimate of drug-likeness (QED) is 0.679. The van der Waals surface area contributed by atoms with Gasteiger partial charge in [0, 0.05) is 51.2 Å². The van der Waals surface area contributed by atoms with E-state index in [2.05, 4.69) is 0 Å². The van der Waals surface area contributed by atoms with Crippen LogP contribution < -0.4 is 0 Å². The van der Waals surface area contributed by atoms with Crippen molar-refractivity contribution < 1.29 is 23.5 Å². The van der Waals surface area contributed by atoms with Gasteiger partial charge in [0.2, 0.25) is 11.8 Å². The zero-order chi connectivity index (χ0) is 22.1. The summed E-state index contributed by atoms with van der Waals surface area (Å²) in [5.74, 6) is 0.148. The van der Waals surface area contributed by atoms with E-state index in [0.29, 0.717) is 38.0 Å². The van der Waals surface area contributed by atoms with Gasteiger partial charge in [0.25, 0.3) is 0 Å². The first-order valence-electron chi connectivity index (χ1n) is 12.3. The van der Waals surface area contributed by atoms with Crippen LogP contribution in [0.2, 0.25) is 0 Å². The molecule has 4 aliphatic rings. The lowest BCUT2D eigenvalue weighted by Gasteiger charge is -2.48. The van der Waals surface area contributed by atoms with Crippen LogP contribution in [0.1, 0.15) is 65.2 Å². The highest BCUT2D eigenvalue weighted by molar-refractivity contribution is 5.82. The summed E-state index contributed by atoms with van der Waals surface area (Å²) in [5.41, 5.74) is 0. The average molecular weight is 439 g/mol. The summed E-state index contributed by atoms with van der Waals surface area (Å²) < 4.78 is 25.9. The van der Waals surface area contributed by atoms with Gasteiger partial charge in [-0.3, -0.25) is 9.59 Å². The molecule has 4 rings (SSSR count). The topological polar surface area (TPSA) is 59.1 Å². The van der Waals surface area contributed by atoms with Gasteiger partial charge in [0.15, 0.2) is 0 Å². The third-order valence-electron chi connectivity index (χ3n) is 8.17. The fourth-order valence-electron chi connectivity index (χ4n) is 6.52. The van der Waals surface area contributed by atoms with Crippen molar-refractivity contribution in [1.82, 2.24) is 9.80 Å². The van der Waals surface area contributed by atoms with Crippen molar-refractivity contribution in [2.24, 2.45) is 17.8 Å². The lowest BCUT2D eigenvalue weighted by atomic mass is 9.75. The Balaban J connectivity index is 1.35. The summed E-state index contributed by atoms with van der Waals surface area (Å²) >= 11 is 0. The predicted octanol–water partition coefficient (Wildman–Crippen LogP) is 3.18. The van der Waals surface area contributed by atoms with E-state index in [1.54, 1.807) is 7.11 Å². The molecule has 0 aromatic rings. The number of hydrogen-bond acceptors (Lipinski definition) is 4. The normalized spacial score (nSPS) is 41.5. The number of alkyl halides is 1. The van der Waals surface area contributed by atoms with Gasteiger partial charge < -0.3 is 19.3 Å². The second kappa shape index (κ2) is 9.74. The Morgan fingerprint density at radius 1 is 0.968 bits per heavy atom. The SMILES string of the molecule is COC1CCC(C(=O)N2[C@H](C)CN(C(=O)C3CCC4OCCCC4C3)C[C@H]2C)C(F)C1. The fourth-order valence-corrected chi connectivity index (χ4v) is 6.52. The van der Waals surface area contributed by atoms with Crippen molar-refractivity contribution in [1.29, 1.82) is 0 Å². The van der Waals surface area contributed by atoms with Gasteiger partial charge in [-0.25, -0.2) is 4.39 Å². The number of carbonyl (C=O) groups is 2. The Morgan fingerprint density at radius 3 is 2.39 bits per heavy atom. The molecule has 0 N–H and O–H groups in total. The summed E-state index contributed by atoms with van der Waals surface area (Å²) in [6.45, 7) is 5.93. The van der Waals surface area contributed by atoms with E-state index in [4.69, 9.17) is 9.47 Å². The molecule has 0 aromatic heterocycles. The van der Waals surface area contributed by atoms with Gasteiger partial charge in [0.1, 0.15) is 6.17 Å². The average Bonchev–Trinajstić information content (AvgIpc) is 2.77. The summed E-state index contributed by atoms with van der Waals surface area (Å²) in [6.07, 6.45) is 5.71. The number of nitrogens with zero attached hydrogens (tertiary/aromatic N) is 2. The number of hydrogen-bond donors (Lipinski definition) is 0. The van der Waals surface area contributed by atoms with Crippen molar-refractivity contribution in [2.75, 3.05) is 26.8 Å². The second-order valence-electron chi connectivity index (χ2n) is 10.3. The van der Waals surface area contributed by atoms with Crippen LogP contribution in [-0.4, -0.2) is 78.9 Å². The molecule has 2 saturated carbocycles. The lowest BCUT2D eigenvalue weighted by molar-refractivity contribution is -0.155. The minimum Gasteiger partial charge on any atom is -0.381 e. The summed E-state index contributed by atoms with van der Waals surface area (Å²) in [4.78, 5) is 30.4. The molecule has 31 heavy (non-hydrogen) atoms. The van der Waals surface area contributed by atoms with E-state index in [1.807, 2.05) is 23.6 Å². The minimum atomic E-state index is -1.15. The molecule has 6 unspecified atom stereocenters. The lowest BCUT2D eigenvalue weighted by Crippen LogP contribution is -2.62. The monoisotopic (exact) mass is 438 g/mol. The Hall–Kier alpha value is -1.21. The van der Waals surface area contributed by atoms with E-state index < -0.39 is 12.1 Å². The van der Waals surface area contributed by atoms with Crippen molar-refractivity contribution in [3.05, 3.63) is 0 Å². The Bertz CT molecular complexity index is 649. The van der Waals surface area contributed by atoms with E-state index in [0.717, 1.165) is 38.7 Å². The Kier molecular flexibility index (Phi) is 7.21. The number of ether oxygens (including phenoxy) is 2. The maximum atomic E-state index is 14.7. The molecule has 4 fully saturated rings. The van der Waals surface area contributed by atoms with Gasteiger partial charge in [-0.2, -0.15) is 0 Å². The molecule has 0 bridgehead atoms. The Labute approximate surface area is 185 Å². The highest BCUT2D eigenvalue weighted by Gasteiger charge is 2.44. The van der Waals surface area contributed by atoms with Gasteiger partial charge in [-0.15, -0.1) is 0 Å². The zero-order valence-corrected chi connectivity index (χ0v) is 19.3. The highest BCUT2D eigenvalue weighted by atomic mass is 19.1. The Morgan fingerprint density at radius 2 is 1.71 bits per heavy atom. The van der Waals surface area contributed by atoms with E-state index >= 15 is 0 Å². The number of piperazine rings is 1. The molecule has 0 radical (unpaired) electrons.